The van der Waals surface area contributed by atoms with Gasteiger partial charge < -0.3 is 14.4 Å². The number of fused-ring (bicyclic) bond motifs is 1. The van der Waals surface area contributed by atoms with E-state index in [0.717, 1.165) is 11.3 Å². The van der Waals surface area contributed by atoms with Gasteiger partial charge >= 0.3 is 0 Å². The van der Waals surface area contributed by atoms with Crippen LogP contribution in [-0.4, -0.2) is 23.4 Å². The van der Waals surface area contributed by atoms with Crippen molar-refractivity contribution in [2.24, 2.45) is 0 Å². The van der Waals surface area contributed by atoms with Crippen molar-refractivity contribution in [2.75, 3.05) is 13.7 Å². The van der Waals surface area contributed by atoms with Crippen molar-refractivity contribution in [1.29, 1.82) is 0 Å². The molecule has 0 bridgehead atoms. The summed E-state index contributed by atoms with van der Waals surface area (Å²) in [7, 11) is 1.67. The molecule has 0 atom stereocenters. The maximum Gasteiger partial charge on any atom is 0.120 e. The lowest BCUT2D eigenvalue weighted by atomic mass is 10.0. The van der Waals surface area contributed by atoms with Crippen molar-refractivity contribution in [3.8, 4) is 5.75 Å². The second-order valence-electron chi connectivity index (χ2n) is 4.54. The molecular weight excluding hydrogens is 214 g/mol. The standard InChI is InChI=1S/C14H19NO2/c1-10(2)13-9-15(6-7-16)14-8-11(17-3)4-5-12(13)14/h4-5,8-10,16H,6-7H2,1-3H3. The topological polar surface area (TPSA) is 34.4 Å². The van der Waals surface area contributed by atoms with E-state index in [-0.39, 0.29) is 6.61 Å². The number of aliphatic hydroxyl groups excluding tert-OH is 1. The third-order valence-corrected chi connectivity index (χ3v) is 3.08. The average Bonchev–Trinajstić information content (AvgIpc) is 2.68. The SMILES string of the molecule is COc1ccc2c(C(C)C)cn(CCO)c2c1. The van der Waals surface area contributed by atoms with E-state index in [0.29, 0.717) is 12.5 Å². The number of aliphatic hydroxyl groups is 1. The van der Waals surface area contributed by atoms with Gasteiger partial charge in [-0.25, -0.2) is 0 Å². The van der Waals surface area contributed by atoms with Gasteiger partial charge in [-0.3, -0.25) is 0 Å². The van der Waals surface area contributed by atoms with E-state index >= 15 is 0 Å². The first kappa shape index (κ1) is 12.0. The maximum atomic E-state index is 9.10. The molecule has 1 N–H and O–H groups in total. The Kier molecular flexibility index (Phi) is 3.38. The normalized spacial score (nSPS) is 11.4. The van der Waals surface area contributed by atoms with Gasteiger partial charge in [-0.1, -0.05) is 13.8 Å². The number of rotatable bonds is 4. The van der Waals surface area contributed by atoms with Crippen molar-refractivity contribution in [3.63, 3.8) is 0 Å². The number of methoxy groups -OCH3 is 1. The van der Waals surface area contributed by atoms with E-state index in [9.17, 15) is 0 Å². The molecule has 0 radical (unpaired) electrons. The van der Waals surface area contributed by atoms with Gasteiger partial charge in [0.15, 0.2) is 0 Å². The molecule has 17 heavy (non-hydrogen) atoms. The molecule has 0 saturated heterocycles. The van der Waals surface area contributed by atoms with Crippen LogP contribution in [0.3, 0.4) is 0 Å². The summed E-state index contributed by atoms with van der Waals surface area (Å²) < 4.78 is 7.34. The second kappa shape index (κ2) is 4.80. The van der Waals surface area contributed by atoms with E-state index in [1.807, 2.05) is 12.1 Å². The minimum atomic E-state index is 0.151. The quantitative estimate of drug-likeness (QED) is 0.881. The summed E-state index contributed by atoms with van der Waals surface area (Å²) in [4.78, 5) is 0. The van der Waals surface area contributed by atoms with E-state index in [1.165, 1.54) is 10.9 Å². The first-order valence-electron chi connectivity index (χ1n) is 5.95. The van der Waals surface area contributed by atoms with Crippen molar-refractivity contribution in [3.05, 3.63) is 30.0 Å². The Morgan fingerprint density at radius 1 is 1.35 bits per heavy atom. The zero-order chi connectivity index (χ0) is 12.4. The highest BCUT2D eigenvalue weighted by Crippen LogP contribution is 2.30. The van der Waals surface area contributed by atoms with Crippen LogP contribution in [-0.2, 0) is 6.54 Å². The Morgan fingerprint density at radius 3 is 2.71 bits per heavy atom. The Morgan fingerprint density at radius 2 is 2.12 bits per heavy atom. The number of hydrogen-bond donors (Lipinski definition) is 1. The van der Waals surface area contributed by atoms with Crippen LogP contribution in [0.1, 0.15) is 25.3 Å². The molecule has 0 saturated carbocycles. The molecule has 3 nitrogen and oxygen atoms in total. The maximum absolute atomic E-state index is 9.10. The molecule has 3 heteroatoms. The van der Waals surface area contributed by atoms with Crippen molar-refractivity contribution < 1.29 is 9.84 Å². The lowest BCUT2D eigenvalue weighted by molar-refractivity contribution is 0.278. The average molecular weight is 233 g/mol. The summed E-state index contributed by atoms with van der Waals surface area (Å²) in [5.41, 5.74) is 2.44. The molecular formula is C14H19NO2. The smallest absolute Gasteiger partial charge is 0.120 e. The van der Waals surface area contributed by atoms with Crippen LogP contribution < -0.4 is 4.74 Å². The molecule has 1 aromatic heterocycles. The predicted octanol–water partition coefficient (Wildman–Crippen LogP) is 2.77. The van der Waals surface area contributed by atoms with E-state index in [4.69, 9.17) is 9.84 Å². The van der Waals surface area contributed by atoms with Crippen LogP contribution in [0.4, 0.5) is 0 Å². The van der Waals surface area contributed by atoms with Crippen LogP contribution in [0, 0.1) is 0 Å². The fourth-order valence-corrected chi connectivity index (χ4v) is 2.18. The number of aromatic nitrogens is 1. The molecule has 0 aliphatic carbocycles. The van der Waals surface area contributed by atoms with E-state index in [1.54, 1.807) is 7.11 Å². The summed E-state index contributed by atoms with van der Waals surface area (Å²) in [6.45, 7) is 5.14. The Balaban J connectivity index is 2.63. The molecule has 2 aromatic rings. The predicted molar refractivity (Wildman–Crippen MR) is 69.7 cm³/mol. The lowest BCUT2D eigenvalue weighted by Crippen LogP contribution is -2.00. The Hall–Kier alpha value is -1.48. The molecule has 0 amide bonds. The first-order chi connectivity index (χ1) is 8.17. The zero-order valence-electron chi connectivity index (χ0n) is 10.6. The van der Waals surface area contributed by atoms with E-state index < -0.39 is 0 Å². The Bertz CT molecular complexity index is 514. The molecule has 2 rings (SSSR count). The molecule has 1 heterocycles. The van der Waals surface area contributed by atoms with Gasteiger partial charge in [-0.15, -0.1) is 0 Å². The van der Waals surface area contributed by atoms with Crippen LogP contribution in [0.25, 0.3) is 10.9 Å². The monoisotopic (exact) mass is 233 g/mol. The molecule has 1 aromatic carbocycles. The highest BCUT2D eigenvalue weighted by atomic mass is 16.5. The van der Waals surface area contributed by atoms with Gasteiger partial charge in [0.25, 0.3) is 0 Å². The van der Waals surface area contributed by atoms with Crippen molar-refractivity contribution in [2.45, 2.75) is 26.3 Å². The number of ether oxygens (including phenoxy) is 1. The van der Waals surface area contributed by atoms with Gasteiger partial charge in [-0.05, 0) is 23.6 Å². The van der Waals surface area contributed by atoms with Crippen molar-refractivity contribution >= 4 is 10.9 Å². The second-order valence-corrected chi connectivity index (χ2v) is 4.54. The molecule has 92 valence electrons. The number of nitrogens with zero attached hydrogens (tertiary/aromatic N) is 1. The van der Waals surface area contributed by atoms with Gasteiger partial charge in [0.05, 0.1) is 19.2 Å². The summed E-state index contributed by atoms with van der Waals surface area (Å²) >= 11 is 0. The van der Waals surface area contributed by atoms with Crippen LogP contribution in [0.5, 0.6) is 5.75 Å². The molecule has 0 unspecified atom stereocenters. The zero-order valence-corrected chi connectivity index (χ0v) is 10.6. The van der Waals surface area contributed by atoms with Gasteiger partial charge in [0.1, 0.15) is 5.75 Å². The molecule has 0 spiro atoms. The first-order valence-corrected chi connectivity index (χ1v) is 5.95. The minimum absolute atomic E-state index is 0.151. The van der Waals surface area contributed by atoms with Crippen LogP contribution >= 0.6 is 0 Å². The highest BCUT2D eigenvalue weighted by molar-refractivity contribution is 5.85. The van der Waals surface area contributed by atoms with Gasteiger partial charge in [0.2, 0.25) is 0 Å². The summed E-state index contributed by atoms with van der Waals surface area (Å²) in [6, 6.07) is 6.10. The largest absolute Gasteiger partial charge is 0.497 e. The molecule has 0 fully saturated rings. The van der Waals surface area contributed by atoms with Gasteiger partial charge in [-0.2, -0.15) is 0 Å². The summed E-state index contributed by atoms with van der Waals surface area (Å²) in [6.07, 6.45) is 2.13. The summed E-state index contributed by atoms with van der Waals surface area (Å²) in [5.74, 6) is 1.33. The fourth-order valence-electron chi connectivity index (χ4n) is 2.18. The minimum Gasteiger partial charge on any atom is -0.497 e. The van der Waals surface area contributed by atoms with Gasteiger partial charge in [0, 0.05) is 24.2 Å². The van der Waals surface area contributed by atoms with Crippen LogP contribution in [0.15, 0.2) is 24.4 Å². The third kappa shape index (κ3) is 2.15. The van der Waals surface area contributed by atoms with Crippen molar-refractivity contribution in [1.82, 2.24) is 4.57 Å². The lowest BCUT2D eigenvalue weighted by Gasteiger charge is -2.04. The Labute approximate surface area is 102 Å². The molecule has 0 aliphatic heterocycles. The number of hydrogen-bond acceptors (Lipinski definition) is 2. The molecule has 0 aliphatic rings. The third-order valence-electron chi connectivity index (χ3n) is 3.08. The summed E-state index contributed by atoms with van der Waals surface area (Å²) in [5, 5.41) is 10.3. The van der Waals surface area contributed by atoms with E-state index in [2.05, 4.69) is 30.7 Å². The highest BCUT2D eigenvalue weighted by Gasteiger charge is 2.11. The fraction of sp³-hybridized carbons (Fsp3) is 0.429. The number of benzene rings is 1. The van der Waals surface area contributed by atoms with Crippen LogP contribution in [0.2, 0.25) is 0 Å².